The minimum absolute atomic E-state index is 0.0619. The number of hydrogen-bond donors (Lipinski definition) is 1. The van der Waals surface area contributed by atoms with Crippen LogP contribution in [0.1, 0.15) is 0 Å². The van der Waals surface area contributed by atoms with Crippen LogP contribution in [-0.2, 0) is 9.53 Å². The first-order valence-corrected chi connectivity index (χ1v) is 6.67. The SMILES string of the molecule is C#CCOCC(=O)Nc1oncc1-c1ccc(OC)c(OC)c1. The van der Waals surface area contributed by atoms with Crippen LogP contribution in [0.5, 0.6) is 11.5 Å². The quantitative estimate of drug-likeness (QED) is 0.621. The molecule has 7 nitrogen and oxygen atoms in total. The number of anilines is 1. The highest BCUT2D eigenvalue weighted by atomic mass is 16.5. The Kier molecular flexibility index (Phi) is 5.61. The summed E-state index contributed by atoms with van der Waals surface area (Å²) >= 11 is 0. The monoisotopic (exact) mass is 316 g/mol. The van der Waals surface area contributed by atoms with Crippen LogP contribution in [0.4, 0.5) is 5.88 Å². The van der Waals surface area contributed by atoms with E-state index < -0.39 is 5.91 Å². The van der Waals surface area contributed by atoms with Gasteiger partial charge in [-0.3, -0.25) is 10.1 Å². The van der Waals surface area contributed by atoms with Crippen molar-refractivity contribution in [2.45, 2.75) is 0 Å². The topological polar surface area (TPSA) is 82.8 Å². The number of benzene rings is 1. The number of carbonyl (C=O) groups excluding carboxylic acids is 1. The van der Waals surface area contributed by atoms with E-state index in [2.05, 4.69) is 16.4 Å². The maximum Gasteiger partial charge on any atom is 0.252 e. The normalized spacial score (nSPS) is 9.96. The van der Waals surface area contributed by atoms with Crippen molar-refractivity contribution in [2.24, 2.45) is 0 Å². The molecule has 0 radical (unpaired) electrons. The number of nitrogens with zero attached hydrogens (tertiary/aromatic N) is 1. The van der Waals surface area contributed by atoms with Gasteiger partial charge in [0.05, 0.1) is 26.0 Å². The van der Waals surface area contributed by atoms with Crippen molar-refractivity contribution in [3.63, 3.8) is 0 Å². The molecule has 2 rings (SSSR count). The standard InChI is InChI=1S/C16H16N2O5/c1-4-7-22-10-15(19)18-16-12(9-17-23-16)11-5-6-13(20-2)14(8-11)21-3/h1,5-6,8-9H,7,10H2,2-3H3,(H,18,19). The molecule has 0 aliphatic carbocycles. The average Bonchev–Trinajstić information content (AvgIpc) is 3.02. The van der Waals surface area contributed by atoms with Crippen LogP contribution >= 0.6 is 0 Å². The van der Waals surface area contributed by atoms with E-state index in [1.165, 1.54) is 6.20 Å². The van der Waals surface area contributed by atoms with E-state index in [-0.39, 0.29) is 19.1 Å². The molecular formula is C16H16N2O5. The van der Waals surface area contributed by atoms with Crippen molar-refractivity contribution >= 4 is 11.8 Å². The van der Waals surface area contributed by atoms with Gasteiger partial charge in [0.1, 0.15) is 13.2 Å². The summed E-state index contributed by atoms with van der Waals surface area (Å²) in [7, 11) is 3.10. The van der Waals surface area contributed by atoms with Gasteiger partial charge in [0.15, 0.2) is 11.5 Å². The summed E-state index contributed by atoms with van der Waals surface area (Å²) in [5.74, 6) is 3.26. The first-order chi connectivity index (χ1) is 11.2. The predicted octanol–water partition coefficient (Wildman–Crippen LogP) is 1.95. The summed E-state index contributed by atoms with van der Waals surface area (Å²) in [4.78, 5) is 11.8. The van der Waals surface area contributed by atoms with Crippen LogP contribution in [0, 0.1) is 12.3 Å². The number of amides is 1. The highest BCUT2D eigenvalue weighted by molar-refractivity contribution is 5.94. The number of rotatable bonds is 7. The zero-order valence-electron chi connectivity index (χ0n) is 12.8. The molecule has 0 fully saturated rings. The average molecular weight is 316 g/mol. The maximum absolute atomic E-state index is 11.8. The van der Waals surface area contributed by atoms with Gasteiger partial charge in [-0.05, 0) is 17.7 Å². The minimum atomic E-state index is -0.390. The van der Waals surface area contributed by atoms with Gasteiger partial charge in [-0.15, -0.1) is 6.42 Å². The van der Waals surface area contributed by atoms with Crippen molar-refractivity contribution in [1.29, 1.82) is 0 Å². The second-order valence-corrected chi connectivity index (χ2v) is 4.38. The van der Waals surface area contributed by atoms with Gasteiger partial charge in [-0.25, -0.2) is 0 Å². The Morgan fingerprint density at radius 2 is 2.13 bits per heavy atom. The lowest BCUT2D eigenvalue weighted by Crippen LogP contribution is -2.18. The lowest BCUT2D eigenvalue weighted by molar-refractivity contribution is -0.120. The number of carbonyl (C=O) groups is 1. The van der Waals surface area contributed by atoms with Crippen LogP contribution in [-0.4, -0.2) is 38.5 Å². The molecule has 0 bridgehead atoms. The summed E-state index contributed by atoms with van der Waals surface area (Å²) in [6, 6.07) is 5.32. The van der Waals surface area contributed by atoms with Crippen molar-refractivity contribution in [3.05, 3.63) is 24.4 Å². The van der Waals surface area contributed by atoms with Gasteiger partial charge in [0, 0.05) is 0 Å². The van der Waals surface area contributed by atoms with Crippen molar-refractivity contribution in [3.8, 4) is 35.0 Å². The fourth-order valence-corrected chi connectivity index (χ4v) is 1.90. The summed E-state index contributed by atoms with van der Waals surface area (Å²) < 4.78 is 20.5. The Bertz CT molecular complexity index is 718. The summed E-state index contributed by atoms with van der Waals surface area (Å²) in [6.45, 7) is -0.108. The second-order valence-electron chi connectivity index (χ2n) is 4.38. The molecule has 1 aromatic heterocycles. The van der Waals surface area contributed by atoms with Crippen molar-refractivity contribution in [1.82, 2.24) is 5.16 Å². The van der Waals surface area contributed by atoms with Gasteiger partial charge in [0.25, 0.3) is 5.91 Å². The van der Waals surface area contributed by atoms with Crippen LogP contribution in [0.25, 0.3) is 11.1 Å². The molecule has 0 spiro atoms. The van der Waals surface area contributed by atoms with E-state index in [1.807, 2.05) is 0 Å². The number of hydrogen-bond acceptors (Lipinski definition) is 6. The van der Waals surface area contributed by atoms with E-state index in [0.29, 0.717) is 17.1 Å². The lowest BCUT2D eigenvalue weighted by atomic mass is 10.1. The smallest absolute Gasteiger partial charge is 0.252 e. The van der Waals surface area contributed by atoms with E-state index in [0.717, 1.165) is 5.56 Å². The van der Waals surface area contributed by atoms with Gasteiger partial charge in [-0.2, -0.15) is 0 Å². The van der Waals surface area contributed by atoms with Crippen LogP contribution < -0.4 is 14.8 Å². The molecule has 0 saturated heterocycles. The van der Waals surface area contributed by atoms with Crippen LogP contribution in [0.3, 0.4) is 0 Å². The van der Waals surface area contributed by atoms with Gasteiger partial charge in [0.2, 0.25) is 5.88 Å². The Labute approximate surface area is 133 Å². The Hall–Kier alpha value is -2.98. The zero-order valence-corrected chi connectivity index (χ0v) is 12.8. The molecule has 2 aromatic rings. The zero-order chi connectivity index (χ0) is 16.7. The molecule has 7 heteroatoms. The first kappa shape index (κ1) is 16.4. The fourth-order valence-electron chi connectivity index (χ4n) is 1.90. The third kappa shape index (κ3) is 4.02. The van der Waals surface area contributed by atoms with E-state index >= 15 is 0 Å². The number of nitrogens with one attached hydrogen (secondary N) is 1. The summed E-state index contributed by atoms with van der Waals surface area (Å²) in [5, 5.41) is 6.29. The van der Waals surface area contributed by atoms with Gasteiger partial charge in [-0.1, -0.05) is 17.1 Å². The van der Waals surface area contributed by atoms with E-state index in [9.17, 15) is 4.79 Å². The Balaban J connectivity index is 2.18. The highest BCUT2D eigenvalue weighted by Crippen LogP contribution is 2.35. The minimum Gasteiger partial charge on any atom is -0.493 e. The van der Waals surface area contributed by atoms with Crippen molar-refractivity contribution < 1.29 is 23.5 Å². The van der Waals surface area contributed by atoms with Crippen molar-refractivity contribution in [2.75, 3.05) is 32.8 Å². The van der Waals surface area contributed by atoms with E-state index in [1.54, 1.807) is 32.4 Å². The lowest BCUT2D eigenvalue weighted by Gasteiger charge is -2.09. The molecule has 1 N–H and O–H groups in total. The Morgan fingerprint density at radius 3 is 2.83 bits per heavy atom. The van der Waals surface area contributed by atoms with Crippen LogP contribution in [0.15, 0.2) is 28.9 Å². The molecule has 0 unspecified atom stereocenters. The molecule has 1 amide bonds. The molecule has 23 heavy (non-hydrogen) atoms. The molecular weight excluding hydrogens is 300 g/mol. The third-order valence-corrected chi connectivity index (χ3v) is 2.94. The highest BCUT2D eigenvalue weighted by Gasteiger charge is 2.15. The third-order valence-electron chi connectivity index (χ3n) is 2.94. The van der Waals surface area contributed by atoms with E-state index in [4.69, 9.17) is 25.2 Å². The predicted molar refractivity (Wildman–Crippen MR) is 83.3 cm³/mol. The fraction of sp³-hybridized carbons (Fsp3) is 0.250. The first-order valence-electron chi connectivity index (χ1n) is 6.67. The summed E-state index contributed by atoms with van der Waals surface area (Å²) in [6.07, 6.45) is 6.54. The Morgan fingerprint density at radius 1 is 1.35 bits per heavy atom. The molecule has 0 atom stereocenters. The number of methoxy groups -OCH3 is 2. The molecule has 0 saturated carbocycles. The molecule has 0 aliphatic heterocycles. The largest absolute Gasteiger partial charge is 0.493 e. The number of terminal acetylenes is 1. The molecule has 0 aliphatic rings. The molecule has 1 aromatic carbocycles. The number of ether oxygens (including phenoxy) is 3. The van der Waals surface area contributed by atoms with Gasteiger partial charge < -0.3 is 18.7 Å². The second kappa shape index (κ2) is 7.87. The number of aromatic nitrogens is 1. The molecule has 1 heterocycles. The van der Waals surface area contributed by atoms with Crippen LogP contribution in [0.2, 0.25) is 0 Å². The molecule has 120 valence electrons. The summed E-state index contributed by atoms with van der Waals surface area (Å²) in [5.41, 5.74) is 1.36. The maximum atomic E-state index is 11.8. The van der Waals surface area contributed by atoms with Gasteiger partial charge >= 0.3 is 0 Å².